The number of hydrogen-bond acceptors (Lipinski definition) is 4. The van der Waals surface area contributed by atoms with E-state index in [-0.39, 0.29) is 5.91 Å². The smallest absolute Gasteiger partial charge is 0.248 e. The monoisotopic (exact) mass is 308 g/mol. The van der Waals surface area contributed by atoms with Crippen LogP contribution in [0.5, 0.6) is 0 Å². The van der Waals surface area contributed by atoms with Crippen LogP contribution in [0.1, 0.15) is 12.7 Å². The van der Waals surface area contributed by atoms with Gasteiger partial charge in [0.15, 0.2) is 5.82 Å². The number of anilines is 1. The number of carbonyl (C=O) groups excluding carboxylic acids is 1. The Morgan fingerprint density at radius 3 is 3.04 bits per heavy atom. The number of hydrogen-bond donors (Lipinski definition) is 1. The Morgan fingerprint density at radius 1 is 1.35 bits per heavy atom. The van der Waals surface area contributed by atoms with Gasteiger partial charge in [0.05, 0.1) is 6.26 Å². The quantitative estimate of drug-likeness (QED) is 0.735. The Bertz CT molecular complexity index is 819. The largest absolute Gasteiger partial charge is 0.465 e. The molecule has 1 N–H and O–H groups in total. The molecule has 1 amide bonds. The minimum atomic E-state index is -0.226. The average Bonchev–Trinajstić information content (AvgIpc) is 3.24. The molecular formula is C17H16N4O2. The van der Waals surface area contributed by atoms with Gasteiger partial charge in [0.1, 0.15) is 12.1 Å². The van der Waals surface area contributed by atoms with E-state index in [1.54, 1.807) is 30.8 Å². The van der Waals surface area contributed by atoms with Gasteiger partial charge in [-0.15, -0.1) is 10.2 Å². The van der Waals surface area contributed by atoms with Gasteiger partial charge in [-0.05, 0) is 37.3 Å². The first-order valence-electron chi connectivity index (χ1n) is 7.27. The third-order valence-electron chi connectivity index (χ3n) is 3.29. The van der Waals surface area contributed by atoms with Gasteiger partial charge in [0.25, 0.3) is 0 Å². The molecule has 0 aliphatic heterocycles. The summed E-state index contributed by atoms with van der Waals surface area (Å²) in [6, 6.07) is 11.1. The van der Waals surface area contributed by atoms with Crippen LogP contribution in [0.25, 0.3) is 17.5 Å². The predicted octanol–water partition coefficient (Wildman–Crippen LogP) is 3.21. The van der Waals surface area contributed by atoms with Crippen molar-refractivity contribution in [2.24, 2.45) is 0 Å². The Morgan fingerprint density at radius 2 is 2.26 bits per heavy atom. The predicted molar refractivity (Wildman–Crippen MR) is 87.5 cm³/mol. The van der Waals surface area contributed by atoms with Gasteiger partial charge < -0.3 is 14.3 Å². The van der Waals surface area contributed by atoms with Gasteiger partial charge in [0, 0.05) is 23.9 Å². The van der Waals surface area contributed by atoms with E-state index in [4.69, 9.17) is 4.42 Å². The van der Waals surface area contributed by atoms with E-state index in [0.717, 1.165) is 17.9 Å². The fourth-order valence-corrected chi connectivity index (χ4v) is 2.17. The summed E-state index contributed by atoms with van der Waals surface area (Å²) in [5.41, 5.74) is 1.60. The van der Waals surface area contributed by atoms with Crippen molar-refractivity contribution in [3.8, 4) is 11.4 Å². The van der Waals surface area contributed by atoms with Crippen molar-refractivity contribution in [3.63, 3.8) is 0 Å². The summed E-state index contributed by atoms with van der Waals surface area (Å²) in [5.74, 6) is 1.18. The Labute approximate surface area is 133 Å². The summed E-state index contributed by atoms with van der Waals surface area (Å²) >= 11 is 0. The molecule has 0 saturated heterocycles. The van der Waals surface area contributed by atoms with Crippen LogP contribution in [-0.4, -0.2) is 20.7 Å². The molecule has 3 rings (SSSR count). The van der Waals surface area contributed by atoms with E-state index < -0.39 is 0 Å². The zero-order valence-corrected chi connectivity index (χ0v) is 12.6. The molecule has 2 aromatic heterocycles. The third kappa shape index (κ3) is 3.55. The van der Waals surface area contributed by atoms with Crippen molar-refractivity contribution in [3.05, 3.63) is 60.8 Å². The fourth-order valence-electron chi connectivity index (χ4n) is 2.17. The van der Waals surface area contributed by atoms with Crippen molar-refractivity contribution in [1.82, 2.24) is 14.8 Å². The van der Waals surface area contributed by atoms with Crippen LogP contribution < -0.4 is 5.32 Å². The topological polar surface area (TPSA) is 73.0 Å². The summed E-state index contributed by atoms with van der Waals surface area (Å²) in [6.45, 7) is 2.81. The van der Waals surface area contributed by atoms with Crippen LogP contribution in [0, 0.1) is 0 Å². The standard InChI is InChI=1S/C17H16N4O2/c1-2-21-12-18-20-17(21)13-5-3-6-14(11-13)19-16(22)9-8-15-7-4-10-23-15/h3-12H,2H2,1H3,(H,19,22)/b9-8+. The van der Waals surface area contributed by atoms with Crippen molar-refractivity contribution < 1.29 is 9.21 Å². The molecule has 0 aliphatic carbocycles. The van der Waals surface area contributed by atoms with E-state index in [1.807, 2.05) is 35.8 Å². The first kappa shape index (κ1) is 14.8. The van der Waals surface area contributed by atoms with E-state index in [0.29, 0.717) is 11.4 Å². The van der Waals surface area contributed by atoms with Gasteiger partial charge in [-0.3, -0.25) is 4.79 Å². The third-order valence-corrected chi connectivity index (χ3v) is 3.29. The maximum Gasteiger partial charge on any atom is 0.248 e. The highest BCUT2D eigenvalue weighted by Crippen LogP contribution is 2.20. The normalized spacial score (nSPS) is 11.0. The average molecular weight is 308 g/mol. The lowest BCUT2D eigenvalue weighted by atomic mass is 10.2. The van der Waals surface area contributed by atoms with Crippen LogP contribution in [0.3, 0.4) is 0 Å². The van der Waals surface area contributed by atoms with Gasteiger partial charge >= 0.3 is 0 Å². The lowest BCUT2D eigenvalue weighted by molar-refractivity contribution is -0.111. The molecule has 0 saturated carbocycles. The second-order valence-corrected chi connectivity index (χ2v) is 4.86. The zero-order chi connectivity index (χ0) is 16.1. The molecule has 0 bridgehead atoms. The summed E-state index contributed by atoms with van der Waals surface area (Å²) in [5, 5.41) is 10.9. The molecule has 0 spiro atoms. The summed E-state index contributed by atoms with van der Waals surface area (Å²) in [7, 11) is 0. The molecule has 1 aromatic carbocycles. The van der Waals surface area contributed by atoms with Crippen LogP contribution in [0.15, 0.2) is 59.5 Å². The van der Waals surface area contributed by atoms with E-state index in [9.17, 15) is 4.79 Å². The Balaban J connectivity index is 1.74. The van der Waals surface area contributed by atoms with Crippen LogP contribution in [-0.2, 0) is 11.3 Å². The number of nitrogens with one attached hydrogen (secondary N) is 1. The number of rotatable bonds is 5. The SMILES string of the molecule is CCn1cnnc1-c1cccc(NC(=O)/C=C/c2ccco2)c1. The number of aromatic nitrogens is 3. The molecule has 0 unspecified atom stereocenters. The van der Waals surface area contributed by atoms with Crippen LogP contribution in [0.2, 0.25) is 0 Å². The summed E-state index contributed by atoms with van der Waals surface area (Å²) < 4.78 is 7.09. The number of amides is 1. The van der Waals surface area contributed by atoms with Crippen molar-refractivity contribution in [1.29, 1.82) is 0 Å². The minimum absolute atomic E-state index is 0.226. The van der Waals surface area contributed by atoms with Crippen LogP contribution in [0.4, 0.5) is 5.69 Å². The summed E-state index contributed by atoms with van der Waals surface area (Å²) in [6.07, 6.45) is 6.30. The maximum absolute atomic E-state index is 12.0. The second-order valence-electron chi connectivity index (χ2n) is 4.86. The first-order valence-corrected chi connectivity index (χ1v) is 7.27. The molecule has 0 fully saturated rings. The van der Waals surface area contributed by atoms with Gasteiger partial charge in [-0.25, -0.2) is 0 Å². The Hall–Kier alpha value is -3.15. The molecule has 6 heteroatoms. The molecule has 23 heavy (non-hydrogen) atoms. The molecular weight excluding hydrogens is 292 g/mol. The minimum Gasteiger partial charge on any atom is -0.465 e. The number of aryl methyl sites for hydroxylation is 1. The Kier molecular flexibility index (Phi) is 4.33. The maximum atomic E-state index is 12.0. The summed E-state index contributed by atoms with van der Waals surface area (Å²) in [4.78, 5) is 12.0. The zero-order valence-electron chi connectivity index (χ0n) is 12.6. The number of benzene rings is 1. The van der Waals surface area contributed by atoms with Crippen molar-refractivity contribution in [2.45, 2.75) is 13.5 Å². The molecule has 3 aromatic rings. The van der Waals surface area contributed by atoms with E-state index in [2.05, 4.69) is 15.5 Å². The fraction of sp³-hybridized carbons (Fsp3) is 0.118. The number of carbonyl (C=O) groups is 1. The highest BCUT2D eigenvalue weighted by atomic mass is 16.3. The van der Waals surface area contributed by atoms with Gasteiger partial charge in [-0.2, -0.15) is 0 Å². The van der Waals surface area contributed by atoms with Crippen molar-refractivity contribution in [2.75, 3.05) is 5.32 Å². The first-order chi connectivity index (χ1) is 11.3. The van der Waals surface area contributed by atoms with E-state index >= 15 is 0 Å². The van der Waals surface area contributed by atoms with Crippen LogP contribution >= 0.6 is 0 Å². The molecule has 6 nitrogen and oxygen atoms in total. The molecule has 0 radical (unpaired) electrons. The van der Waals surface area contributed by atoms with Crippen molar-refractivity contribution >= 4 is 17.7 Å². The van der Waals surface area contributed by atoms with Gasteiger partial charge in [0.2, 0.25) is 5.91 Å². The second kappa shape index (κ2) is 6.74. The van der Waals surface area contributed by atoms with Gasteiger partial charge in [-0.1, -0.05) is 12.1 Å². The highest BCUT2D eigenvalue weighted by molar-refractivity contribution is 6.02. The lowest BCUT2D eigenvalue weighted by Crippen LogP contribution is -2.07. The molecule has 0 aliphatic rings. The molecule has 116 valence electrons. The molecule has 0 atom stereocenters. The highest BCUT2D eigenvalue weighted by Gasteiger charge is 2.07. The number of furan rings is 1. The number of nitrogens with zero attached hydrogens (tertiary/aromatic N) is 3. The molecule has 2 heterocycles. The van der Waals surface area contributed by atoms with E-state index in [1.165, 1.54) is 6.08 Å². The lowest BCUT2D eigenvalue weighted by Gasteiger charge is -2.06.